The number of nitrogens with zero attached hydrogens (tertiary/aromatic N) is 2. The SMILES string of the molecule is CC1(C)c2cc(/C=C/c3ccc4c(c3)C(C)(C)c3cc(N(c5ccccc5)c5ccccc5)ccc3-4)ccc2-c2ccc(N(C3=CC=CCC3)c3ccccc3)cc21. The van der Waals surface area contributed by atoms with E-state index in [2.05, 4.69) is 232 Å². The second-order valence-electron chi connectivity index (χ2n) is 17.0. The van der Waals surface area contributed by atoms with E-state index in [1.165, 1.54) is 78.4 Å². The molecule has 0 radical (unpaired) electrons. The summed E-state index contributed by atoms with van der Waals surface area (Å²) in [7, 11) is 0. The molecule has 10 rings (SSSR count). The molecular formula is C56H48N2. The molecule has 3 aliphatic carbocycles. The third-order valence-electron chi connectivity index (χ3n) is 12.7. The molecule has 0 saturated heterocycles. The fraction of sp³-hybridized carbons (Fsp3) is 0.143. The smallest absolute Gasteiger partial charge is 0.0465 e. The summed E-state index contributed by atoms with van der Waals surface area (Å²) in [4.78, 5) is 4.80. The molecule has 2 heteroatoms. The van der Waals surface area contributed by atoms with Crippen molar-refractivity contribution in [3.63, 3.8) is 0 Å². The number of allylic oxidation sites excluding steroid dienone is 4. The van der Waals surface area contributed by atoms with Gasteiger partial charge in [-0.05, 0) is 135 Å². The summed E-state index contributed by atoms with van der Waals surface area (Å²) in [6, 6.07) is 60.3. The molecule has 0 fully saturated rings. The van der Waals surface area contributed by atoms with E-state index in [1.807, 2.05) is 0 Å². The monoisotopic (exact) mass is 748 g/mol. The second-order valence-corrected chi connectivity index (χ2v) is 17.0. The van der Waals surface area contributed by atoms with Crippen LogP contribution in [0.15, 0.2) is 188 Å². The van der Waals surface area contributed by atoms with E-state index >= 15 is 0 Å². The summed E-state index contributed by atoms with van der Waals surface area (Å²) in [6.45, 7) is 9.51. The number of rotatable bonds is 8. The molecule has 0 bridgehead atoms. The van der Waals surface area contributed by atoms with Crippen molar-refractivity contribution in [2.45, 2.75) is 51.4 Å². The van der Waals surface area contributed by atoms with Gasteiger partial charge in [-0.15, -0.1) is 0 Å². The fourth-order valence-electron chi connectivity index (χ4n) is 9.60. The van der Waals surface area contributed by atoms with Crippen molar-refractivity contribution in [1.82, 2.24) is 0 Å². The van der Waals surface area contributed by atoms with E-state index in [9.17, 15) is 0 Å². The lowest BCUT2D eigenvalue weighted by atomic mass is 9.81. The summed E-state index contributed by atoms with van der Waals surface area (Å²) >= 11 is 0. The Morgan fingerprint density at radius 2 is 0.810 bits per heavy atom. The van der Waals surface area contributed by atoms with Crippen LogP contribution in [0.2, 0.25) is 0 Å². The Kier molecular flexibility index (Phi) is 8.68. The largest absolute Gasteiger partial charge is 0.314 e. The van der Waals surface area contributed by atoms with Crippen LogP contribution in [0.5, 0.6) is 0 Å². The maximum atomic E-state index is 2.44. The molecule has 0 amide bonds. The van der Waals surface area contributed by atoms with Crippen molar-refractivity contribution in [3.8, 4) is 22.3 Å². The van der Waals surface area contributed by atoms with Crippen molar-refractivity contribution in [2.24, 2.45) is 0 Å². The Hall–Kier alpha value is -6.64. The van der Waals surface area contributed by atoms with Gasteiger partial charge in [-0.25, -0.2) is 0 Å². The third-order valence-corrected chi connectivity index (χ3v) is 12.7. The van der Waals surface area contributed by atoms with Crippen molar-refractivity contribution in [2.75, 3.05) is 9.80 Å². The molecule has 0 aromatic heterocycles. The van der Waals surface area contributed by atoms with Crippen molar-refractivity contribution >= 4 is 40.6 Å². The van der Waals surface area contributed by atoms with Gasteiger partial charge in [0.15, 0.2) is 0 Å². The van der Waals surface area contributed by atoms with Crippen molar-refractivity contribution in [1.29, 1.82) is 0 Å². The van der Waals surface area contributed by atoms with Crippen LogP contribution in [0.3, 0.4) is 0 Å². The summed E-state index contributed by atoms with van der Waals surface area (Å²) in [5.74, 6) is 0. The van der Waals surface area contributed by atoms with Gasteiger partial charge in [0.1, 0.15) is 0 Å². The Morgan fingerprint density at radius 3 is 1.24 bits per heavy atom. The molecule has 3 aliphatic rings. The minimum Gasteiger partial charge on any atom is -0.314 e. The second kappa shape index (κ2) is 14.1. The zero-order valence-electron chi connectivity index (χ0n) is 33.8. The summed E-state index contributed by atoms with van der Waals surface area (Å²) in [5, 5.41) is 0. The van der Waals surface area contributed by atoms with Crippen LogP contribution in [-0.2, 0) is 10.8 Å². The van der Waals surface area contributed by atoms with E-state index < -0.39 is 0 Å². The van der Waals surface area contributed by atoms with Gasteiger partial charge < -0.3 is 9.80 Å². The number of benzene rings is 7. The third kappa shape index (κ3) is 6.03. The summed E-state index contributed by atoms with van der Waals surface area (Å²) < 4.78 is 0. The van der Waals surface area contributed by atoms with Crippen LogP contribution in [0.25, 0.3) is 34.4 Å². The molecule has 282 valence electrons. The Balaban J connectivity index is 0.939. The topological polar surface area (TPSA) is 6.48 Å². The molecule has 0 atom stereocenters. The van der Waals surface area contributed by atoms with Crippen molar-refractivity contribution in [3.05, 3.63) is 221 Å². The Morgan fingerprint density at radius 1 is 0.414 bits per heavy atom. The Labute approximate surface area is 343 Å². The van der Waals surface area contributed by atoms with E-state index in [-0.39, 0.29) is 10.8 Å². The number of hydrogen-bond donors (Lipinski definition) is 0. The van der Waals surface area contributed by atoms with Crippen LogP contribution >= 0.6 is 0 Å². The number of anilines is 5. The molecule has 7 aromatic rings. The van der Waals surface area contributed by atoms with Crippen LogP contribution in [-0.4, -0.2) is 0 Å². The van der Waals surface area contributed by atoms with Gasteiger partial charge in [-0.3, -0.25) is 0 Å². The molecule has 0 heterocycles. The zero-order valence-corrected chi connectivity index (χ0v) is 33.8. The van der Waals surface area contributed by atoms with E-state index in [4.69, 9.17) is 0 Å². The quantitative estimate of drug-likeness (QED) is 0.143. The van der Waals surface area contributed by atoms with Crippen LogP contribution < -0.4 is 9.80 Å². The summed E-state index contributed by atoms with van der Waals surface area (Å²) in [6.07, 6.45) is 13.4. The molecule has 0 aliphatic heterocycles. The predicted octanol–water partition coefficient (Wildman–Crippen LogP) is 15.3. The lowest BCUT2D eigenvalue weighted by Gasteiger charge is -2.30. The summed E-state index contributed by atoms with van der Waals surface area (Å²) in [5.41, 5.74) is 20.2. The number of para-hydroxylation sites is 3. The minimum atomic E-state index is -0.147. The van der Waals surface area contributed by atoms with Gasteiger partial charge in [0.25, 0.3) is 0 Å². The molecular weight excluding hydrogens is 701 g/mol. The van der Waals surface area contributed by atoms with Crippen LogP contribution in [0.1, 0.15) is 73.9 Å². The molecule has 58 heavy (non-hydrogen) atoms. The van der Waals surface area contributed by atoms with E-state index in [0.717, 1.165) is 24.2 Å². The predicted molar refractivity (Wildman–Crippen MR) is 247 cm³/mol. The molecule has 2 nitrogen and oxygen atoms in total. The average molecular weight is 749 g/mol. The van der Waals surface area contributed by atoms with Gasteiger partial charge in [-0.1, -0.05) is 155 Å². The van der Waals surface area contributed by atoms with Gasteiger partial charge in [-0.2, -0.15) is 0 Å². The minimum absolute atomic E-state index is 0.132. The maximum absolute atomic E-state index is 2.44. The van der Waals surface area contributed by atoms with E-state index in [0.29, 0.717) is 0 Å². The van der Waals surface area contributed by atoms with Gasteiger partial charge >= 0.3 is 0 Å². The first kappa shape index (κ1) is 35.8. The normalized spacial score (nSPS) is 15.3. The highest BCUT2D eigenvalue weighted by molar-refractivity contribution is 5.88. The fourth-order valence-corrected chi connectivity index (χ4v) is 9.60. The lowest BCUT2D eigenvalue weighted by Crippen LogP contribution is -2.19. The standard InChI is InChI=1S/C56H48N2/c1-55(2)51-35-39(27-31-47(51)49-33-29-45(37-53(49)55)57(41-17-9-5-10-18-41)42-19-11-6-12-20-42)25-26-40-28-32-48-50-34-30-46(38-54(50)56(3,4)52(48)36-40)58(43-21-13-7-14-22-43)44-23-15-8-16-24-44/h5-15,17-23,25-38H,16,24H2,1-4H3/b26-25+. The Bertz CT molecular complexity index is 2730. The average Bonchev–Trinajstić information content (AvgIpc) is 3.63. The van der Waals surface area contributed by atoms with Gasteiger partial charge in [0.2, 0.25) is 0 Å². The van der Waals surface area contributed by atoms with Crippen LogP contribution in [0, 0.1) is 0 Å². The molecule has 0 N–H and O–H groups in total. The molecule has 0 saturated carbocycles. The highest BCUT2D eigenvalue weighted by Gasteiger charge is 2.37. The lowest BCUT2D eigenvalue weighted by molar-refractivity contribution is 0.660. The number of hydrogen-bond acceptors (Lipinski definition) is 2. The van der Waals surface area contributed by atoms with Gasteiger partial charge in [0.05, 0.1) is 0 Å². The van der Waals surface area contributed by atoms with E-state index in [1.54, 1.807) is 0 Å². The zero-order chi connectivity index (χ0) is 39.4. The maximum Gasteiger partial charge on any atom is 0.0465 e. The highest BCUT2D eigenvalue weighted by Crippen LogP contribution is 2.52. The van der Waals surface area contributed by atoms with Gasteiger partial charge in [0, 0.05) is 45.0 Å². The van der Waals surface area contributed by atoms with Crippen molar-refractivity contribution < 1.29 is 0 Å². The first-order valence-corrected chi connectivity index (χ1v) is 20.7. The first-order chi connectivity index (χ1) is 28.3. The molecule has 0 spiro atoms. The first-order valence-electron chi connectivity index (χ1n) is 20.7. The van der Waals surface area contributed by atoms with Crippen LogP contribution in [0.4, 0.5) is 28.4 Å². The number of fused-ring (bicyclic) bond motifs is 6. The molecule has 7 aromatic carbocycles. The molecule has 0 unspecified atom stereocenters. The highest BCUT2D eigenvalue weighted by atomic mass is 15.2.